The molecule has 0 bridgehead atoms. The van der Waals surface area contributed by atoms with Crippen LogP contribution in [0.4, 0.5) is 22.7 Å². The number of aryl methyl sites for hydroxylation is 2. The van der Waals surface area contributed by atoms with Gasteiger partial charge in [-0.1, -0.05) is 12.1 Å². The molecule has 0 fully saturated rings. The van der Waals surface area contributed by atoms with Gasteiger partial charge in [-0.2, -0.15) is 0 Å². The molecule has 0 radical (unpaired) electrons. The van der Waals surface area contributed by atoms with Gasteiger partial charge in [-0.15, -0.1) is 0 Å². The predicted octanol–water partition coefficient (Wildman–Crippen LogP) is 3.71. The highest BCUT2D eigenvalue weighted by Gasteiger charge is 2.22. The molecule has 3 nitrogen and oxygen atoms in total. The van der Waals surface area contributed by atoms with Crippen LogP contribution >= 0.6 is 0 Å². The average Bonchev–Trinajstić information content (AvgIpc) is 2.53. The molecule has 0 aliphatic carbocycles. The first-order valence-electron chi connectivity index (χ1n) is 7.84. The molecular formula is C18H21N3. The van der Waals surface area contributed by atoms with E-state index >= 15 is 0 Å². The summed E-state index contributed by atoms with van der Waals surface area (Å²) in [6, 6.07) is 13.0. The molecule has 108 valence electrons. The average molecular weight is 279 g/mol. The van der Waals surface area contributed by atoms with Gasteiger partial charge >= 0.3 is 0 Å². The lowest BCUT2D eigenvalue weighted by Gasteiger charge is -2.34. The maximum atomic E-state index is 5.95. The van der Waals surface area contributed by atoms with E-state index in [0.29, 0.717) is 0 Å². The minimum atomic E-state index is 0.865. The summed E-state index contributed by atoms with van der Waals surface area (Å²) in [7, 11) is 0. The standard InChI is InChI=1S/C18H21N3/c19-15-8-9-16-14(12-15)6-3-11-21(16)17-7-1-4-13-5-2-10-20-18(13)17/h1,4,7-9,12,20H,2-3,5-6,10-11,19H2. The number of para-hydroxylation sites is 1. The molecule has 0 atom stereocenters. The summed E-state index contributed by atoms with van der Waals surface area (Å²) < 4.78 is 0. The first-order valence-corrected chi connectivity index (χ1v) is 7.84. The van der Waals surface area contributed by atoms with Crippen molar-refractivity contribution in [2.45, 2.75) is 25.7 Å². The summed E-state index contributed by atoms with van der Waals surface area (Å²) >= 11 is 0. The monoisotopic (exact) mass is 279 g/mol. The number of hydrogen-bond donors (Lipinski definition) is 2. The lowest BCUT2D eigenvalue weighted by atomic mass is 9.97. The van der Waals surface area contributed by atoms with Crippen LogP contribution in [0.2, 0.25) is 0 Å². The fraction of sp³-hybridized carbons (Fsp3) is 0.333. The van der Waals surface area contributed by atoms with Crippen LogP contribution in [-0.2, 0) is 12.8 Å². The predicted molar refractivity (Wildman–Crippen MR) is 89.4 cm³/mol. The molecule has 0 unspecified atom stereocenters. The topological polar surface area (TPSA) is 41.3 Å². The Bertz CT molecular complexity index is 678. The molecule has 2 aromatic rings. The molecule has 0 amide bonds. The van der Waals surface area contributed by atoms with Gasteiger partial charge in [-0.25, -0.2) is 0 Å². The Morgan fingerprint density at radius 1 is 0.952 bits per heavy atom. The third kappa shape index (κ3) is 2.13. The molecule has 2 heterocycles. The van der Waals surface area contributed by atoms with Crippen LogP contribution in [0.15, 0.2) is 36.4 Å². The maximum Gasteiger partial charge on any atom is 0.0649 e. The maximum absolute atomic E-state index is 5.95. The van der Waals surface area contributed by atoms with Gasteiger partial charge in [-0.05, 0) is 61.1 Å². The van der Waals surface area contributed by atoms with E-state index in [1.165, 1.54) is 47.5 Å². The Morgan fingerprint density at radius 3 is 2.81 bits per heavy atom. The van der Waals surface area contributed by atoms with Gasteiger partial charge < -0.3 is 16.0 Å². The smallest absolute Gasteiger partial charge is 0.0649 e. The van der Waals surface area contributed by atoms with E-state index in [-0.39, 0.29) is 0 Å². The van der Waals surface area contributed by atoms with Crippen LogP contribution in [0, 0.1) is 0 Å². The quantitative estimate of drug-likeness (QED) is 0.782. The highest BCUT2D eigenvalue weighted by Crippen LogP contribution is 2.40. The highest BCUT2D eigenvalue weighted by molar-refractivity contribution is 5.81. The van der Waals surface area contributed by atoms with E-state index in [0.717, 1.165) is 25.2 Å². The first kappa shape index (κ1) is 12.6. The van der Waals surface area contributed by atoms with Crippen molar-refractivity contribution in [1.29, 1.82) is 0 Å². The zero-order valence-corrected chi connectivity index (χ0v) is 12.2. The van der Waals surface area contributed by atoms with Gasteiger partial charge in [0.25, 0.3) is 0 Å². The van der Waals surface area contributed by atoms with E-state index < -0.39 is 0 Å². The Morgan fingerprint density at radius 2 is 1.86 bits per heavy atom. The summed E-state index contributed by atoms with van der Waals surface area (Å²) in [5.74, 6) is 0. The molecule has 3 N–H and O–H groups in total. The minimum absolute atomic E-state index is 0.865. The third-order valence-electron chi connectivity index (χ3n) is 4.57. The molecule has 2 aliphatic rings. The van der Waals surface area contributed by atoms with E-state index in [1.807, 2.05) is 6.07 Å². The molecule has 4 rings (SSSR count). The molecular weight excluding hydrogens is 258 g/mol. The number of rotatable bonds is 1. The minimum Gasteiger partial charge on any atom is -0.399 e. The summed E-state index contributed by atoms with van der Waals surface area (Å²) in [6.07, 6.45) is 4.71. The zero-order valence-electron chi connectivity index (χ0n) is 12.2. The summed E-state index contributed by atoms with van der Waals surface area (Å²) in [6.45, 7) is 2.15. The van der Waals surface area contributed by atoms with Crippen molar-refractivity contribution in [2.24, 2.45) is 0 Å². The normalized spacial score (nSPS) is 16.9. The van der Waals surface area contributed by atoms with Crippen molar-refractivity contribution in [2.75, 3.05) is 29.0 Å². The number of hydrogen-bond acceptors (Lipinski definition) is 3. The van der Waals surface area contributed by atoms with Gasteiger partial charge in [0.2, 0.25) is 0 Å². The second-order valence-corrected chi connectivity index (χ2v) is 5.98. The Balaban J connectivity index is 1.82. The fourth-order valence-corrected chi connectivity index (χ4v) is 3.58. The first-order chi connectivity index (χ1) is 10.3. The molecule has 2 aromatic carbocycles. The molecule has 0 saturated carbocycles. The second-order valence-electron chi connectivity index (χ2n) is 5.98. The van der Waals surface area contributed by atoms with Crippen molar-refractivity contribution in [3.63, 3.8) is 0 Å². The van der Waals surface area contributed by atoms with Crippen LogP contribution < -0.4 is 16.0 Å². The molecule has 0 spiro atoms. The number of benzene rings is 2. The Kier molecular flexibility index (Phi) is 2.99. The lowest BCUT2D eigenvalue weighted by molar-refractivity contribution is 0.763. The SMILES string of the molecule is Nc1ccc2c(c1)CCCN2c1cccc2c1NCCC2. The van der Waals surface area contributed by atoms with Crippen LogP contribution in [-0.4, -0.2) is 13.1 Å². The second kappa shape index (κ2) is 4.99. The number of nitrogen functional groups attached to an aromatic ring is 1. The van der Waals surface area contributed by atoms with Gasteiger partial charge in [0.1, 0.15) is 0 Å². The van der Waals surface area contributed by atoms with Crippen molar-refractivity contribution in [1.82, 2.24) is 0 Å². The summed E-state index contributed by atoms with van der Waals surface area (Å²) in [5.41, 5.74) is 13.6. The van der Waals surface area contributed by atoms with Crippen LogP contribution in [0.3, 0.4) is 0 Å². The van der Waals surface area contributed by atoms with E-state index in [1.54, 1.807) is 0 Å². The third-order valence-corrected chi connectivity index (χ3v) is 4.57. The molecule has 0 saturated heterocycles. The lowest BCUT2D eigenvalue weighted by Crippen LogP contribution is -2.26. The molecule has 21 heavy (non-hydrogen) atoms. The fourth-order valence-electron chi connectivity index (χ4n) is 3.58. The zero-order chi connectivity index (χ0) is 14.2. The van der Waals surface area contributed by atoms with Crippen LogP contribution in [0.25, 0.3) is 0 Å². The molecule has 2 aliphatic heterocycles. The van der Waals surface area contributed by atoms with Crippen molar-refractivity contribution in [3.05, 3.63) is 47.5 Å². The van der Waals surface area contributed by atoms with E-state index in [9.17, 15) is 0 Å². The number of nitrogens with two attached hydrogens (primary N) is 1. The van der Waals surface area contributed by atoms with Gasteiger partial charge in [0.15, 0.2) is 0 Å². The van der Waals surface area contributed by atoms with E-state index in [2.05, 4.69) is 40.5 Å². The summed E-state index contributed by atoms with van der Waals surface area (Å²) in [5, 5.41) is 3.60. The number of fused-ring (bicyclic) bond motifs is 2. The van der Waals surface area contributed by atoms with Crippen LogP contribution in [0.5, 0.6) is 0 Å². The number of anilines is 4. The molecule has 3 heteroatoms. The van der Waals surface area contributed by atoms with Gasteiger partial charge in [0.05, 0.1) is 11.4 Å². The molecule has 0 aromatic heterocycles. The Hall–Kier alpha value is -2.16. The van der Waals surface area contributed by atoms with Crippen LogP contribution in [0.1, 0.15) is 24.0 Å². The van der Waals surface area contributed by atoms with Gasteiger partial charge in [-0.3, -0.25) is 0 Å². The van der Waals surface area contributed by atoms with Crippen molar-refractivity contribution < 1.29 is 0 Å². The number of nitrogens with one attached hydrogen (secondary N) is 1. The largest absolute Gasteiger partial charge is 0.399 e. The Labute approximate surface area is 125 Å². The van der Waals surface area contributed by atoms with E-state index in [4.69, 9.17) is 5.73 Å². The van der Waals surface area contributed by atoms with Crippen molar-refractivity contribution in [3.8, 4) is 0 Å². The number of nitrogens with zero attached hydrogens (tertiary/aromatic N) is 1. The highest BCUT2D eigenvalue weighted by atomic mass is 15.2. The van der Waals surface area contributed by atoms with Crippen molar-refractivity contribution >= 4 is 22.7 Å². The summed E-state index contributed by atoms with van der Waals surface area (Å²) in [4.78, 5) is 2.45. The van der Waals surface area contributed by atoms with Gasteiger partial charge in [0, 0.05) is 24.5 Å².